The first kappa shape index (κ1) is 19.4. The van der Waals surface area contributed by atoms with Gasteiger partial charge in [-0.2, -0.15) is 0 Å². The van der Waals surface area contributed by atoms with E-state index in [-0.39, 0.29) is 42.0 Å². The Hall–Kier alpha value is -1.66. The maximum Gasteiger partial charge on any atom is 0.227 e. The molecule has 7 heteroatoms. The van der Waals surface area contributed by atoms with Gasteiger partial charge in [-0.05, 0) is 38.0 Å². The highest BCUT2D eigenvalue weighted by Crippen LogP contribution is 2.20. The van der Waals surface area contributed by atoms with Gasteiger partial charge in [-0.25, -0.2) is 4.39 Å². The van der Waals surface area contributed by atoms with Crippen molar-refractivity contribution in [3.63, 3.8) is 0 Å². The summed E-state index contributed by atoms with van der Waals surface area (Å²) >= 11 is 0. The molecule has 0 aliphatic carbocycles. The van der Waals surface area contributed by atoms with E-state index in [4.69, 9.17) is 5.73 Å². The van der Waals surface area contributed by atoms with Crippen LogP contribution in [0.5, 0.6) is 0 Å². The van der Waals surface area contributed by atoms with E-state index in [0.29, 0.717) is 38.0 Å². The van der Waals surface area contributed by atoms with Crippen molar-refractivity contribution in [2.24, 2.45) is 11.7 Å². The second-order valence-corrected chi connectivity index (χ2v) is 5.84. The average Bonchev–Trinajstić information content (AvgIpc) is 2.46. The third kappa shape index (κ3) is 5.80. The van der Waals surface area contributed by atoms with Crippen molar-refractivity contribution in [3.8, 4) is 0 Å². The number of nitrogens with two attached hydrogens (primary N) is 1. The molecular formula is C16H23ClFN3O2. The smallest absolute Gasteiger partial charge is 0.227 e. The van der Waals surface area contributed by atoms with Crippen LogP contribution in [0.3, 0.4) is 0 Å². The number of hydrogen-bond donors (Lipinski definition) is 2. The lowest BCUT2D eigenvalue weighted by atomic mass is 9.95. The number of carbonyl (C=O) groups excluding carboxylic acids is 2. The summed E-state index contributed by atoms with van der Waals surface area (Å²) in [5.74, 6) is -0.611. The molecule has 2 amide bonds. The van der Waals surface area contributed by atoms with E-state index in [0.717, 1.165) is 0 Å². The van der Waals surface area contributed by atoms with Crippen molar-refractivity contribution in [3.05, 3.63) is 30.1 Å². The fourth-order valence-corrected chi connectivity index (χ4v) is 2.61. The molecule has 1 atom stereocenters. The number of carbonyl (C=O) groups is 2. The number of halogens is 2. The zero-order chi connectivity index (χ0) is 16.1. The fourth-order valence-electron chi connectivity index (χ4n) is 2.61. The highest BCUT2D eigenvalue weighted by Gasteiger charge is 2.27. The number of rotatable bonds is 4. The van der Waals surface area contributed by atoms with Crippen molar-refractivity contribution >= 4 is 29.9 Å². The zero-order valence-corrected chi connectivity index (χ0v) is 13.9. The summed E-state index contributed by atoms with van der Waals surface area (Å²) in [5, 5.41) is 2.73. The minimum atomic E-state index is -0.380. The summed E-state index contributed by atoms with van der Waals surface area (Å²) < 4.78 is 13.1. The van der Waals surface area contributed by atoms with Crippen LogP contribution in [0.4, 0.5) is 10.1 Å². The van der Waals surface area contributed by atoms with Gasteiger partial charge in [-0.1, -0.05) is 6.07 Å². The Bertz CT molecular complexity index is 546. The van der Waals surface area contributed by atoms with E-state index in [1.807, 2.05) is 0 Å². The molecule has 0 bridgehead atoms. The largest absolute Gasteiger partial charge is 0.343 e. The molecule has 0 spiro atoms. The van der Waals surface area contributed by atoms with Gasteiger partial charge < -0.3 is 16.0 Å². The molecule has 1 saturated heterocycles. The molecule has 0 radical (unpaired) electrons. The van der Waals surface area contributed by atoms with E-state index in [9.17, 15) is 14.0 Å². The molecule has 1 unspecified atom stereocenters. The van der Waals surface area contributed by atoms with Gasteiger partial charge in [0.05, 0.1) is 0 Å². The van der Waals surface area contributed by atoms with Gasteiger partial charge in [0, 0.05) is 37.2 Å². The summed E-state index contributed by atoms with van der Waals surface area (Å²) in [6.45, 7) is 2.93. The Morgan fingerprint density at radius 3 is 2.61 bits per heavy atom. The minimum Gasteiger partial charge on any atom is -0.343 e. The Labute approximate surface area is 141 Å². The zero-order valence-electron chi connectivity index (χ0n) is 13.1. The molecule has 2 rings (SSSR count). The lowest BCUT2D eigenvalue weighted by Crippen LogP contribution is -2.42. The monoisotopic (exact) mass is 343 g/mol. The molecule has 5 nitrogen and oxygen atoms in total. The second kappa shape index (κ2) is 8.84. The highest BCUT2D eigenvalue weighted by molar-refractivity contribution is 5.92. The predicted molar refractivity (Wildman–Crippen MR) is 89.8 cm³/mol. The van der Waals surface area contributed by atoms with Gasteiger partial charge >= 0.3 is 0 Å². The number of benzene rings is 1. The molecule has 1 aromatic rings. The van der Waals surface area contributed by atoms with Crippen LogP contribution in [0.2, 0.25) is 0 Å². The van der Waals surface area contributed by atoms with Crippen molar-refractivity contribution < 1.29 is 14.0 Å². The third-order valence-corrected chi connectivity index (χ3v) is 3.81. The van der Waals surface area contributed by atoms with Crippen LogP contribution in [0, 0.1) is 11.7 Å². The number of nitrogens with zero attached hydrogens (tertiary/aromatic N) is 1. The average molecular weight is 344 g/mol. The normalized spacial score (nSPS) is 16.4. The Morgan fingerprint density at radius 1 is 1.39 bits per heavy atom. The number of nitrogens with one attached hydrogen (secondary N) is 1. The summed E-state index contributed by atoms with van der Waals surface area (Å²) in [7, 11) is 0. The van der Waals surface area contributed by atoms with Crippen LogP contribution in [-0.2, 0) is 9.59 Å². The van der Waals surface area contributed by atoms with E-state index in [1.165, 1.54) is 12.1 Å². The van der Waals surface area contributed by atoms with Crippen LogP contribution in [0.15, 0.2) is 24.3 Å². The van der Waals surface area contributed by atoms with Crippen LogP contribution < -0.4 is 11.1 Å². The topological polar surface area (TPSA) is 75.4 Å². The van der Waals surface area contributed by atoms with Gasteiger partial charge in [0.2, 0.25) is 11.8 Å². The first-order chi connectivity index (χ1) is 10.5. The number of amides is 2. The van der Waals surface area contributed by atoms with Crippen molar-refractivity contribution in [2.45, 2.75) is 32.2 Å². The predicted octanol–water partition coefficient (Wildman–Crippen LogP) is 2.16. The summed E-state index contributed by atoms with van der Waals surface area (Å²) in [6.07, 6.45) is 1.57. The molecule has 0 saturated carbocycles. The van der Waals surface area contributed by atoms with Crippen molar-refractivity contribution in [1.82, 2.24) is 4.90 Å². The van der Waals surface area contributed by atoms with Crippen LogP contribution >= 0.6 is 12.4 Å². The molecule has 128 valence electrons. The minimum absolute atomic E-state index is 0. The van der Waals surface area contributed by atoms with Crippen molar-refractivity contribution in [1.29, 1.82) is 0 Å². The van der Waals surface area contributed by atoms with Crippen LogP contribution in [0.1, 0.15) is 26.2 Å². The van der Waals surface area contributed by atoms with Crippen molar-refractivity contribution in [2.75, 3.05) is 18.4 Å². The summed E-state index contributed by atoms with van der Waals surface area (Å²) in [4.78, 5) is 25.9. The van der Waals surface area contributed by atoms with E-state index in [2.05, 4.69) is 5.32 Å². The Kier molecular flexibility index (Phi) is 7.45. The second-order valence-electron chi connectivity index (χ2n) is 5.84. The standard InChI is InChI=1S/C16H22FN3O2.ClH/c1-11(18)9-15(21)20-7-5-12(6-8-20)16(22)19-14-4-2-3-13(17)10-14;/h2-4,10-12H,5-9,18H2,1H3,(H,19,22);1H. The maximum atomic E-state index is 13.1. The lowest BCUT2D eigenvalue weighted by Gasteiger charge is -2.31. The Morgan fingerprint density at radius 2 is 2.04 bits per heavy atom. The van der Waals surface area contributed by atoms with Crippen LogP contribution in [0.25, 0.3) is 0 Å². The fraction of sp³-hybridized carbons (Fsp3) is 0.500. The molecule has 1 fully saturated rings. The third-order valence-electron chi connectivity index (χ3n) is 3.81. The number of likely N-dealkylation sites (tertiary alicyclic amines) is 1. The van der Waals surface area contributed by atoms with Gasteiger partial charge in [-0.15, -0.1) is 12.4 Å². The highest BCUT2D eigenvalue weighted by atomic mass is 35.5. The molecule has 0 aromatic heterocycles. The number of anilines is 1. The van der Waals surface area contributed by atoms with Gasteiger partial charge in [0.1, 0.15) is 5.82 Å². The van der Waals surface area contributed by atoms with E-state index >= 15 is 0 Å². The van der Waals surface area contributed by atoms with Crippen LogP contribution in [-0.4, -0.2) is 35.8 Å². The molecule has 23 heavy (non-hydrogen) atoms. The molecule has 1 heterocycles. The number of piperidine rings is 1. The Balaban J connectivity index is 0.00000264. The van der Waals surface area contributed by atoms with Gasteiger partial charge in [0.25, 0.3) is 0 Å². The van der Waals surface area contributed by atoms with E-state index < -0.39 is 0 Å². The van der Waals surface area contributed by atoms with Gasteiger partial charge in [-0.3, -0.25) is 9.59 Å². The quantitative estimate of drug-likeness (QED) is 0.879. The number of hydrogen-bond acceptors (Lipinski definition) is 3. The molecule has 1 aromatic carbocycles. The molecular weight excluding hydrogens is 321 g/mol. The first-order valence-electron chi connectivity index (χ1n) is 7.55. The SMILES string of the molecule is CC(N)CC(=O)N1CCC(C(=O)Nc2cccc(F)c2)CC1.Cl. The van der Waals surface area contributed by atoms with E-state index in [1.54, 1.807) is 24.0 Å². The molecule has 1 aliphatic rings. The lowest BCUT2D eigenvalue weighted by molar-refractivity contribution is -0.134. The summed E-state index contributed by atoms with van der Waals surface area (Å²) in [5.41, 5.74) is 6.09. The maximum absolute atomic E-state index is 13.1. The molecule has 3 N–H and O–H groups in total. The summed E-state index contributed by atoms with van der Waals surface area (Å²) in [6, 6.07) is 5.68. The van der Waals surface area contributed by atoms with Gasteiger partial charge in [0.15, 0.2) is 0 Å². The first-order valence-corrected chi connectivity index (χ1v) is 7.55. The molecule has 1 aliphatic heterocycles.